The Morgan fingerprint density at radius 1 is 1.03 bits per heavy atom. The number of sulfonamides is 1. The molecule has 2 N–H and O–H groups in total. The number of carbonyl (C=O) groups is 1. The van der Waals surface area contributed by atoms with E-state index in [0.29, 0.717) is 24.1 Å². The Kier molecular flexibility index (Phi) is 8.31. The van der Waals surface area contributed by atoms with E-state index >= 15 is 0 Å². The van der Waals surface area contributed by atoms with Gasteiger partial charge in [-0.2, -0.15) is 8.78 Å². The van der Waals surface area contributed by atoms with Gasteiger partial charge in [0.2, 0.25) is 15.9 Å². The van der Waals surface area contributed by atoms with Gasteiger partial charge in [0.1, 0.15) is 5.75 Å². The lowest BCUT2D eigenvalue weighted by Crippen LogP contribution is -2.32. The van der Waals surface area contributed by atoms with Gasteiger partial charge >= 0.3 is 6.61 Å². The van der Waals surface area contributed by atoms with E-state index in [1.54, 1.807) is 38.1 Å². The number of halogens is 2. The van der Waals surface area contributed by atoms with Crippen LogP contribution in [0.2, 0.25) is 0 Å². The molecule has 0 bridgehead atoms. The van der Waals surface area contributed by atoms with Gasteiger partial charge in [0.15, 0.2) is 0 Å². The SMILES string of the molecule is Cc1cc(C)c(S(=O)(=O)NCCC(=O)NCCc2ccc(OC(F)F)cc2)c(C)c1. The largest absolute Gasteiger partial charge is 0.435 e. The van der Waals surface area contributed by atoms with Crippen LogP contribution in [0.4, 0.5) is 8.78 Å². The summed E-state index contributed by atoms with van der Waals surface area (Å²) >= 11 is 0. The van der Waals surface area contributed by atoms with E-state index < -0.39 is 16.6 Å². The van der Waals surface area contributed by atoms with Crippen LogP contribution in [-0.4, -0.2) is 34.0 Å². The lowest BCUT2D eigenvalue weighted by atomic mass is 10.1. The van der Waals surface area contributed by atoms with Crippen molar-refractivity contribution in [1.82, 2.24) is 10.0 Å². The van der Waals surface area contributed by atoms with Crippen LogP contribution in [0, 0.1) is 20.8 Å². The molecule has 2 aromatic carbocycles. The van der Waals surface area contributed by atoms with Crippen molar-refractivity contribution in [1.29, 1.82) is 0 Å². The minimum absolute atomic E-state index is 0.00432. The van der Waals surface area contributed by atoms with Crippen LogP contribution in [0.5, 0.6) is 5.75 Å². The third kappa shape index (κ3) is 7.07. The van der Waals surface area contributed by atoms with Gasteiger partial charge in [-0.25, -0.2) is 13.1 Å². The quantitative estimate of drug-likeness (QED) is 0.594. The monoisotopic (exact) mass is 440 g/mol. The average molecular weight is 441 g/mol. The Balaban J connectivity index is 1.77. The topological polar surface area (TPSA) is 84.5 Å². The molecule has 0 aliphatic carbocycles. The Labute approximate surface area is 175 Å². The van der Waals surface area contributed by atoms with Crippen LogP contribution < -0.4 is 14.8 Å². The first-order chi connectivity index (χ1) is 14.1. The summed E-state index contributed by atoms with van der Waals surface area (Å²) in [4.78, 5) is 12.2. The molecule has 2 aromatic rings. The van der Waals surface area contributed by atoms with Crippen LogP contribution in [0.3, 0.4) is 0 Å². The molecule has 0 aromatic heterocycles. The number of nitrogens with one attached hydrogen (secondary N) is 2. The van der Waals surface area contributed by atoms with Gasteiger partial charge in [0, 0.05) is 19.5 Å². The van der Waals surface area contributed by atoms with E-state index in [1.165, 1.54) is 12.1 Å². The van der Waals surface area contributed by atoms with Gasteiger partial charge in [0.05, 0.1) is 4.90 Å². The Morgan fingerprint density at radius 2 is 1.63 bits per heavy atom. The fraction of sp³-hybridized carbons (Fsp3) is 0.381. The molecule has 0 unspecified atom stereocenters. The normalized spacial score (nSPS) is 11.5. The lowest BCUT2D eigenvalue weighted by Gasteiger charge is -2.13. The van der Waals surface area contributed by atoms with Gasteiger partial charge in [-0.3, -0.25) is 4.79 Å². The predicted molar refractivity (Wildman–Crippen MR) is 110 cm³/mol. The van der Waals surface area contributed by atoms with Crippen molar-refractivity contribution in [3.05, 3.63) is 58.7 Å². The fourth-order valence-electron chi connectivity index (χ4n) is 3.23. The van der Waals surface area contributed by atoms with Crippen molar-refractivity contribution in [2.75, 3.05) is 13.1 Å². The van der Waals surface area contributed by atoms with Crippen LogP contribution in [0.15, 0.2) is 41.3 Å². The highest BCUT2D eigenvalue weighted by atomic mass is 32.2. The van der Waals surface area contributed by atoms with Crippen molar-refractivity contribution < 1.29 is 26.7 Å². The zero-order valence-electron chi connectivity index (χ0n) is 17.2. The van der Waals surface area contributed by atoms with Crippen molar-refractivity contribution >= 4 is 15.9 Å². The maximum atomic E-state index is 12.6. The number of ether oxygens (including phenoxy) is 1. The minimum Gasteiger partial charge on any atom is -0.435 e. The summed E-state index contributed by atoms with van der Waals surface area (Å²) in [6, 6.07) is 9.77. The molecular weight excluding hydrogens is 414 g/mol. The number of carbonyl (C=O) groups excluding carboxylic acids is 1. The summed E-state index contributed by atoms with van der Waals surface area (Å²) < 4.78 is 56.1. The van der Waals surface area contributed by atoms with Crippen LogP contribution in [0.25, 0.3) is 0 Å². The summed E-state index contributed by atoms with van der Waals surface area (Å²) in [5.74, 6) is -0.211. The summed E-state index contributed by atoms with van der Waals surface area (Å²) in [5.41, 5.74) is 3.16. The zero-order valence-corrected chi connectivity index (χ0v) is 18.0. The maximum Gasteiger partial charge on any atom is 0.387 e. The molecule has 0 spiro atoms. The van der Waals surface area contributed by atoms with Gasteiger partial charge in [-0.1, -0.05) is 29.8 Å². The molecule has 0 heterocycles. The van der Waals surface area contributed by atoms with Gasteiger partial charge in [-0.05, 0) is 56.0 Å². The van der Waals surface area contributed by atoms with E-state index in [0.717, 1.165) is 11.1 Å². The van der Waals surface area contributed by atoms with E-state index in [1.807, 2.05) is 6.92 Å². The average Bonchev–Trinajstić information content (AvgIpc) is 2.61. The molecule has 0 fully saturated rings. The van der Waals surface area contributed by atoms with Crippen molar-refractivity contribution in [3.63, 3.8) is 0 Å². The van der Waals surface area contributed by atoms with E-state index in [9.17, 15) is 22.0 Å². The summed E-state index contributed by atoms with van der Waals surface area (Å²) in [5, 5.41) is 2.71. The Hall–Kier alpha value is -2.52. The second-order valence-corrected chi connectivity index (χ2v) is 8.70. The number of benzene rings is 2. The van der Waals surface area contributed by atoms with Crippen molar-refractivity contribution in [2.24, 2.45) is 0 Å². The number of rotatable bonds is 10. The van der Waals surface area contributed by atoms with E-state index in [2.05, 4.69) is 14.8 Å². The van der Waals surface area contributed by atoms with E-state index in [4.69, 9.17) is 0 Å². The molecule has 2 rings (SSSR count). The Bertz CT molecular complexity index is 954. The highest BCUT2D eigenvalue weighted by Crippen LogP contribution is 2.21. The number of hydrogen-bond donors (Lipinski definition) is 2. The number of amides is 1. The lowest BCUT2D eigenvalue weighted by molar-refractivity contribution is -0.120. The van der Waals surface area contributed by atoms with Crippen LogP contribution in [-0.2, 0) is 21.2 Å². The highest BCUT2D eigenvalue weighted by Gasteiger charge is 2.19. The third-order valence-electron chi connectivity index (χ3n) is 4.40. The molecule has 0 saturated heterocycles. The molecule has 164 valence electrons. The zero-order chi connectivity index (χ0) is 22.3. The summed E-state index contributed by atoms with van der Waals surface area (Å²) in [7, 11) is -3.71. The first-order valence-corrected chi connectivity index (χ1v) is 10.9. The molecular formula is C21H26F2N2O4S. The van der Waals surface area contributed by atoms with Gasteiger partial charge < -0.3 is 10.1 Å². The first kappa shape index (κ1) is 23.8. The molecule has 6 nitrogen and oxygen atoms in total. The third-order valence-corrected chi connectivity index (χ3v) is 6.17. The number of aryl methyl sites for hydroxylation is 3. The maximum absolute atomic E-state index is 12.6. The second-order valence-electron chi connectivity index (χ2n) is 7.00. The molecule has 0 aliphatic heterocycles. The van der Waals surface area contributed by atoms with Crippen molar-refractivity contribution in [3.8, 4) is 5.75 Å². The predicted octanol–water partition coefficient (Wildman–Crippen LogP) is 3.24. The molecule has 0 saturated carbocycles. The molecule has 9 heteroatoms. The van der Waals surface area contributed by atoms with Gasteiger partial charge in [-0.15, -0.1) is 0 Å². The minimum atomic E-state index is -3.71. The number of alkyl halides is 2. The highest BCUT2D eigenvalue weighted by molar-refractivity contribution is 7.89. The van der Waals surface area contributed by atoms with Crippen LogP contribution >= 0.6 is 0 Å². The van der Waals surface area contributed by atoms with Gasteiger partial charge in [0.25, 0.3) is 0 Å². The molecule has 0 radical (unpaired) electrons. The fourth-order valence-corrected chi connectivity index (χ4v) is 4.71. The summed E-state index contributed by atoms with van der Waals surface area (Å²) in [6.45, 7) is 2.85. The van der Waals surface area contributed by atoms with E-state index in [-0.39, 0.29) is 29.5 Å². The molecule has 1 amide bonds. The van der Waals surface area contributed by atoms with Crippen LogP contribution in [0.1, 0.15) is 28.7 Å². The second kappa shape index (κ2) is 10.5. The summed E-state index contributed by atoms with van der Waals surface area (Å²) in [6.07, 6.45) is 0.512. The molecule has 30 heavy (non-hydrogen) atoms. The first-order valence-electron chi connectivity index (χ1n) is 9.46. The van der Waals surface area contributed by atoms with Crippen molar-refractivity contribution in [2.45, 2.75) is 45.1 Å². The molecule has 0 aliphatic rings. The molecule has 0 atom stereocenters. The standard InChI is InChI=1S/C21H26F2N2O4S/c1-14-12-15(2)20(16(3)13-14)30(27,28)25-11-9-19(26)24-10-8-17-4-6-18(7-5-17)29-21(22)23/h4-7,12-13,21,25H,8-11H2,1-3H3,(H,24,26). The number of hydrogen-bond acceptors (Lipinski definition) is 4. The Morgan fingerprint density at radius 3 is 2.20 bits per heavy atom. The smallest absolute Gasteiger partial charge is 0.387 e.